The highest BCUT2D eigenvalue weighted by Crippen LogP contribution is 2.22. The van der Waals surface area contributed by atoms with Crippen molar-refractivity contribution in [3.63, 3.8) is 0 Å². The molecule has 0 spiro atoms. The van der Waals surface area contributed by atoms with Crippen LogP contribution < -0.4 is 5.46 Å². The molecule has 2 heterocycles. The smallest absolute Gasteiger partial charge is 0.278 e. The molecule has 0 aliphatic carbocycles. The van der Waals surface area contributed by atoms with Crippen molar-refractivity contribution in [3.8, 4) is 23.0 Å². The minimum absolute atomic E-state index is 0.416. The van der Waals surface area contributed by atoms with Crippen LogP contribution in [0.2, 0.25) is 0 Å². The summed E-state index contributed by atoms with van der Waals surface area (Å²) in [4.78, 5) is 4.49. The monoisotopic (exact) mass is 354 g/mol. The standard InChI is InChI=1S/C21H19BN4O/c1-3-18-12-19(24-26(18)13-15-6-4-14(2)5-7-15)21-23-20(25-27-21)16-8-10-17(22)11-9-16/h4-12H,3,13H2,1-2H3. The highest BCUT2D eigenvalue weighted by Gasteiger charge is 2.16. The zero-order valence-corrected chi connectivity index (χ0v) is 15.4. The summed E-state index contributed by atoms with van der Waals surface area (Å²) in [6, 6.07) is 17.9. The Morgan fingerprint density at radius 1 is 1.04 bits per heavy atom. The van der Waals surface area contributed by atoms with Gasteiger partial charge in [-0.3, -0.25) is 4.68 Å². The van der Waals surface area contributed by atoms with Gasteiger partial charge in [0.2, 0.25) is 5.82 Å². The van der Waals surface area contributed by atoms with E-state index in [1.165, 1.54) is 11.1 Å². The molecule has 0 aliphatic rings. The number of benzene rings is 2. The van der Waals surface area contributed by atoms with E-state index in [9.17, 15) is 0 Å². The molecule has 0 amide bonds. The number of aromatic nitrogens is 4. The zero-order valence-electron chi connectivity index (χ0n) is 15.4. The molecule has 0 saturated carbocycles. The molecule has 0 atom stereocenters. The maximum atomic E-state index is 5.73. The molecule has 132 valence electrons. The van der Waals surface area contributed by atoms with Crippen molar-refractivity contribution in [1.29, 1.82) is 0 Å². The molecule has 2 aromatic carbocycles. The van der Waals surface area contributed by atoms with Crippen LogP contribution in [0.5, 0.6) is 0 Å². The Hall–Kier alpha value is -3.15. The lowest BCUT2D eigenvalue weighted by Crippen LogP contribution is -2.05. The highest BCUT2D eigenvalue weighted by atomic mass is 16.5. The van der Waals surface area contributed by atoms with Gasteiger partial charge in [0.05, 0.1) is 6.54 Å². The summed E-state index contributed by atoms with van der Waals surface area (Å²) in [6.07, 6.45) is 0.873. The van der Waals surface area contributed by atoms with Crippen molar-refractivity contribution in [2.75, 3.05) is 0 Å². The lowest BCUT2D eigenvalue weighted by atomic mass is 9.95. The van der Waals surface area contributed by atoms with E-state index >= 15 is 0 Å². The van der Waals surface area contributed by atoms with Crippen molar-refractivity contribution < 1.29 is 4.52 Å². The van der Waals surface area contributed by atoms with Crippen molar-refractivity contribution in [3.05, 3.63) is 71.4 Å². The second-order valence-corrected chi connectivity index (χ2v) is 6.56. The fraction of sp³-hybridized carbons (Fsp3) is 0.190. The largest absolute Gasteiger partial charge is 0.332 e. The van der Waals surface area contributed by atoms with Gasteiger partial charge in [-0.15, -0.1) is 0 Å². The van der Waals surface area contributed by atoms with E-state index in [0.717, 1.165) is 17.7 Å². The van der Waals surface area contributed by atoms with Gasteiger partial charge >= 0.3 is 0 Å². The third-order valence-electron chi connectivity index (χ3n) is 4.49. The molecule has 0 saturated heterocycles. The molecule has 27 heavy (non-hydrogen) atoms. The van der Waals surface area contributed by atoms with Gasteiger partial charge in [-0.2, -0.15) is 10.1 Å². The molecule has 0 aliphatic heterocycles. The predicted octanol–water partition coefficient (Wildman–Crippen LogP) is 3.31. The molecular weight excluding hydrogens is 335 g/mol. The van der Waals surface area contributed by atoms with Crippen molar-refractivity contribution >= 4 is 13.3 Å². The Kier molecular flexibility index (Phi) is 4.63. The third kappa shape index (κ3) is 3.70. The van der Waals surface area contributed by atoms with Gasteiger partial charge in [-0.25, -0.2) is 0 Å². The first-order chi connectivity index (χ1) is 13.1. The first kappa shape index (κ1) is 17.3. The molecule has 2 radical (unpaired) electrons. The maximum Gasteiger partial charge on any atom is 0.278 e. The van der Waals surface area contributed by atoms with Crippen LogP contribution in [0.1, 0.15) is 23.7 Å². The van der Waals surface area contributed by atoms with Crippen LogP contribution in [0.25, 0.3) is 23.0 Å². The summed E-state index contributed by atoms with van der Waals surface area (Å²) >= 11 is 0. The van der Waals surface area contributed by atoms with Crippen LogP contribution in [0, 0.1) is 6.92 Å². The average molecular weight is 354 g/mol. The second kappa shape index (κ2) is 7.23. The number of rotatable bonds is 5. The maximum absolute atomic E-state index is 5.73. The highest BCUT2D eigenvalue weighted by molar-refractivity contribution is 6.32. The van der Waals surface area contributed by atoms with Gasteiger partial charge in [0.1, 0.15) is 7.85 Å². The van der Waals surface area contributed by atoms with Crippen molar-refractivity contribution in [1.82, 2.24) is 19.9 Å². The summed E-state index contributed by atoms with van der Waals surface area (Å²) in [5.74, 6) is 0.940. The Labute approximate surface area is 159 Å². The van der Waals surface area contributed by atoms with E-state index < -0.39 is 0 Å². The Bertz CT molecular complexity index is 1050. The molecule has 4 aromatic rings. The van der Waals surface area contributed by atoms with Crippen LogP contribution in [-0.2, 0) is 13.0 Å². The predicted molar refractivity (Wildman–Crippen MR) is 106 cm³/mol. The molecule has 0 N–H and O–H groups in total. The van der Waals surface area contributed by atoms with Crippen molar-refractivity contribution in [2.45, 2.75) is 26.8 Å². The first-order valence-corrected chi connectivity index (χ1v) is 8.94. The second-order valence-electron chi connectivity index (χ2n) is 6.56. The van der Waals surface area contributed by atoms with Crippen LogP contribution >= 0.6 is 0 Å². The van der Waals surface area contributed by atoms with Gasteiger partial charge < -0.3 is 4.52 Å². The van der Waals surface area contributed by atoms with Crippen LogP contribution in [0.15, 0.2) is 59.1 Å². The SMILES string of the molecule is [B]c1ccc(-c2noc(-c3cc(CC)n(Cc4ccc(C)cc4)n3)n2)cc1. The van der Waals surface area contributed by atoms with Crippen LogP contribution in [-0.4, -0.2) is 27.8 Å². The zero-order chi connectivity index (χ0) is 18.8. The first-order valence-electron chi connectivity index (χ1n) is 8.94. The van der Waals surface area contributed by atoms with E-state index in [1.54, 1.807) is 0 Å². The average Bonchev–Trinajstić information content (AvgIpc) is 3.31. The van der Waals surface area contributed by atoms with Crippen molar-refractivity contribution in [2.24, 2.45) is 0 Å². The van der Waals surface area contributed by atoms with Crippen LogP contribution in [0.4, 0.5) is 0 Å². The van der Waals surface area contributed by atoms with Gasteiger partial charge in [-0.1, -0.05) is 71.6 Å². The molecular formula is C21H19BN4O. The lowest BCUT2D eigenvalue weighted by Gasteiger charge is -2.06. The number of aryl methyl sites for hydroxylation is 2. The van der Waals surface area contributed by atoms with Crippen LogP contribution in [0.3, 0.4) is 0 Å². The lowest BCUT2D eigenvalue weighted by molar-refractivity contribution is 0.430. The van der Waals surface area contributed by atoms with Gasteiger partial charge in [0.15, 0.2) is 5.69 Å². The van der Waals surface area contributed by atoms with E-state index in [0.29, 0.717) is 29.4 Å². The van der Waals surface area contributed by atoms with Gasteiger partial charge in [0.25, 0.3) is 5.89 Å². The normalized spacial score (nSPS) is 11.0. The van der Waals surface area contributed by atoms with E-state index in [-0.39, 0.29) is 0 Å². The Balaban J connectivity index is 1.62. The fourth-order valence-electron chi connectivity index (χ4n) is 2.92. The quantitative estimate of drug-likeness (QED) is 0.516. The topological polar surface area (TPSA) is 56.7 Å². The Morgan fingerprint density at radius 3 is 2.48 bits per heavy atom. The fourth-order valence-corrected chi connectivity index (χ4v) is 2.92. The molecule has 2 aromatic heterocycles. The van der Waals surface area contributed by atoms with E-state index in [1.807, 2.05) is 35.0 Å². The summed E-state index contributed by atoms with van der Waals surface area (Å²) in [7, 11) is 5.73. The van der Waals surface area contributed by atoms with Gasteiger partial charge in [0, 0.05) is 11.3 Å². The molecule has 0 bridgehead atoms. The summed E-state index contributed by atoms with van der Waals surface area (Å²) < 4.78 is 7.44. The summed E-state index contributed by atoms with van der Waals surface area (Å²) in [6.45, 7) is 4.91. The number of hydrogen-bond acceptors (Lipinski definition) is 4. The third-order valence-corrected chi connectivity index (χ3v) is 4.49. The minimum Gasteiger partial charge on any atom is -0.332 e. The molecule has 0 unspecified atom stereocenters. The Morgan fingerprint density at radius 2 is 1.78 bits per heavy atom. The minimum atomic E-state index is 0.416. The molecule has 6 heteroatoms. The number of hydrogen-bond donors (Lipinski definition) is 0. The van der Waals surface area contributed by atoms with E-state index in [4.69, 9.17) is 17.5 Å². The molecule has 0 fully saturated rings. The summed E-state index contributed by atoms with van der Waals surface area (Å²) in [5, 5.41) is 8.77. The van der Waals surface area contributed by atoms with Gasteiger partial charge in [-0.05, 0) is 25.0 Å². The summed E-state index contributed by atoms with van der Waals surface area (Å²) in [5.41, 5.74) is 5.82. The van der Waals surface area contributed by atoms with E-state index in [2.05, 4.69) is 48.3 Å². The molecule has 4 rings (SSSR count). The molecule has 5 nitrogen and oxygen atoms in total. The number of nitrogens with zero attached hydrogens (tertiary/aromatic N) is 4.